The zero-order valence-corrected chi connectivity index (χ0v) is 8.90. The minimum absolute atomic E-state index is 0.0183. The number of nitrogens with zero attached hydrogens (tertiary/aromatic N) is 2. The summed E-state index contributed by atoms with van der Waals surface area (Å²) in [5, 5.41) is 9.46. The van der Waals surface area contributed by atoms with Gasteiger partial charge < -0.3 is 10.2 Å². The molecule has 0 fully saturated rings. The molecule has 3 N–H and O–H groups in total. The standard InChI is InChI=1S/C10H9FN4O2/c1-5-14-15-10(17-5)13-9(16)6-2-3-8(12)7(11)4-6/h2-4H,12H2,1H3,(H,13,15,16). The molecule has 7 heteroatoms. The summed E-state index contributed by atoms with van der Waals surface area (Å²) >= 11 is 0. The summed E-state index contributed by atoms with van der Waals surface area (Å²) in [6.45, 7) is 1.59. The fraction of sp³-hybridized carbons (Fsp3) is 0.100. The molecule has 1 amide bonds. The Kier molecular flexibility index (Phi) is 2.73. The molecular weight excluding hydrogens is 227 g/mol. The largest absolute Gasteiger partial charge is 0.408 e. The van der Waals surface area contributed by atoms with Gasteiger partial charge in [-0.05, 0) is 18.2 Å². The maximum atomic E-state index is 13.1. The molecule has 1 aromatic heterocycles. The van der Waals surface area contributed by atoms with Crippen LogP contribution in [0, 0.1) is 12.7 Å². The lowest BCUT2D eigenvalue weighted by atomic mass is 10.2. The third-order valence-electron chi connectivity index (χ3n) is 2.01. The Morgan fingerprint density at radius 3 is 2.82 bits per heavy atom. The fourth-order valence-corrected chi connectivity index (χ4v) is 1.18. The van der Waals surface area contributed by atoms with Crippen LogP contribution in [0.2, 0.25) is 0 Å². The number of nitrogens with one attached hydrogen (secondary N) is 1. The number of hydrogen-bond acceptors (Lipinski definition) is 5. The Labute approximate surface area is 95.6 Å². The van der Waals surface area contributed by atoms with Crippen LogP contribution in [-0.2, 0) is 0 Å². The molecule has 0 aliphatic rings. The number of hydrogen-bond donors (Lipinski definition) is 2. The van der Waals surface area contributed by atoms with E-state index in [4.69, 9.17) is 10.2 Å². The van der Waals surface area contributed by atoms with Crippen LogP contribution in [0.1, 0.15) is 16.2 Å². The highest BCUT2D eigenvalue weighted by Gasteiger charge is 2.11. The Bertz CT molecular complexity index is 567. The van der Waals surface area contributed by atoms with E-state index in [9.17, 15) is 9.18 Å². The summed E-state index contributed by atoms with van der Waals surface area (Å²) < 4.78 is 18.1. The highest BCUT2D eigenvalue weighted by atomic mass is 19.1. The molecule has 0 saturated heterocycles. The molecule has 2 aromatic rings. The number of anilines is 2. The minimum atomic E-state index is -0.653. The summed E-state index contributed by atoms with van der Waals surface area (Å²) in [5.74, 6) is -0.879. The summed E-state index contributed by atoms with van der Waals surface area (Å²) in [6.07, 6.45) is 0. The van der Waals surface area contributed by atoms with Crippen molar-refractivity contribution in [3.8, 4) is 0 Å². The van der Waals surface area contributed by atoms with Gasteiger partial charge in [0, 0.05) is 12.5 Å². The first-order chi connectivity index (χ1) is 8.06. The molecule has 0 aliphatic heterocycles. The first kappa shape index (κ1) is 11.1. The van der Waals surface area contributed by atoms with Crippen LogP contribution in [-0.4, -0.2) is 16.1 Å². The van der Waals surface area contributed by atoms with Crippen LogP contribution in [0.15, 0.2) is 22.6 Å². The molecule has 0 radical (unpaired) electrons. The predicted octanol–water partition coefficient (Wildman–Crippen LogP) is 1.35. The number of benzene rings is 1. The van der Waals surface area contributed by atoms with Crippen molar-refractivity contribution in [1.29, 1.82) is 0 Å². The second-order valence-corrected chi connectivity index (χ2v) is 3.32. The van der Waals surface area contributed by atoms with Gasteiger partial charge in [-0.1, -0.05) is 5.10 Å². The normalized spacial score (nSPS) is 10.2. The topological polar surface area (TPSA) is 94.0 Å². The molecule has 0 bridgehead atoms. The van der Waals surface area contributed by atoms with E-state index in [1.165, 1.54) is 12.1 Å². The number of rotatable bonds is 2. The molecule has 0 unspecified atom stereocenters. The number of amides is 1. The summed E-state index contributed by atoms with van der Waals surface area (Å²) in [5.41, 5.74) is 5.40. The highest BCUT2D eigenvalue weighted by Crippen LogP contribution is 2.13. The Morgan fingerprint density at radius 1 is 1.47 bits per heavy atom. The molecule has 88 valence electrons. The van der Waals surface area contributed by atoms with E-state index in [1.54, 1.807) is 6.92 Å². The van der Waals surface area contributed by atoms with E-state index in [2.05, 4.69) is 15.5 Å². The SMILES string of the molecule is Cc1nnc(NC(=O)c2ccc(N)c(F)c2)o1. The van der Waals surface area contributed by atoms with Crippen LogP contribution in [0.4, 0.5) is 16.1 Å². The maximum absolute atomic E-state index is 13.1. The lowest BCUT2D eigenvalue weighted by molar-refractivity contribution is 0.102. The zero-order valence-electron chi connectivity index (χ0n) is 8.90. The van der Waals surface area contributed by atoms with Gasteiger partial charge in [-0.25, -0.2) is 4.39 Å². The van der Waals surface area contributed by atoms with Gasteiger partial charge in [0.2, 0.25) is 5.89 Å². The van der Waals surface area contributed by atoms with Crippen LogP contribution >= 0.6 is 0 Å². The van der Waals surface area contributed by atoms with Crippen molar-refractivity contribution >= 4 is 17.6 Å². The first-order valence-corrected chi connectivity index (χ1v) is 4.73. The second kappa shape index (κ2) is 4.20. The van der Waals surface area contributed by atoms with Crippen LogP contribution < -0.4 is 11.1 Å². The van der Waals surface area contributed by atoms with Gasteiger partial charge in [-0.15, -0.1) is 5.10 Å². The highest BCUT2D eigenvalue weighted by molar-refractivity contribution is 6.03. The molecule has 0 atom stereocenters. The number of nitrogen functional groups attached to an aromatic ring is 1. The van der Waals surface area contributed by atoms with Gasteiger partial charge in [0.25, 0.3) is 5.91 Å². The lowest BCUT2D eigenvalue weighted by Crippen LogP contribution is -2.12. The third-order valence-corrected chi connectivity index (χ3v) is 2.01. The summed E-state index contributed by atoms with van der Waals surface area (Å²) in [4.78, 5) is 11.6. The van der Waals surface area contributed by atoms with E-state index >= 15 is 0 Å². The van der Waals surface area contributed by atoms with E-state index in [0.29, 0.717) is 5.89 Å². The number of nitrogens with two attached hydrogens (primary N) is 1. The van der Waals surface area contributed by atoms with E-state index < -0.39 is 11.7 Å². The van der Waals surface area contributed by atoms with Crippen molar-refractivity contribution in [2.24, 2.45) is 0 Å². The average Bonchev–Trinajstić information content (AvgIpc) is 2.68. The summed E-state index contributed by atoms with van der Waals surface area (Å²) in [7, 11) is 0. The molecule has 2 rings (SSSR count). The van der Waals surface area contributed by atoms with Gasteiger partial charge in [0.05, 0.1) is 5.69 Å². The van der Waals surface area contributed by atoms with Crippen molar-refractivity contribution in [1.82, 2.24) is 10.2 Å². The van der Waals surface area contributed by atoms with Crippen molar-refractivity contribution in [3.63, 3.8) is 0 Å². The number of aromatic nitrogens is 2. The van der Waals surface area contributed by atoms with Gasteiger partial charge in [0.1, 0.15) is 5.82 Å². The molecule has 17 heavy (non-hydrogen) atoms. The van der Waals surface area contributed by atoms with Crippen molar-refractivity contribution in [2.75, 3.05) is 11.1 Å². The van der Waals surface area contributed by atoms with Crippen LogP contribution in [0.5, 0.6) is 0 Å². The van der Waals surface area contributed by atoms with Crippen LogP contribution in [0.25, 0.3) is 0 Å². The number of aryl methyl sites for hydroxylation is 1. The quantitative estimate of drug-likeness (QED) is 0.767. The smallest absolute Gasteiger partial charge is 0.322 e. The van der Waals surface area contributed by atoms with Gasteiger partial charge >= 0.3 is 6.01 Å². The predicted molar refractivity (Wildman–Crippen MR) is 57.8 cm³/mol. The van der Waals surface area contributed by atoms with Crippen LogP contribution in [0.3, 0.4) is 0 Å². The average molecular weight is 236 g/mol. The van der Waals surface area contributed by atoms with Gasteiger partial charge in [-0.3, -0.25) is 10.1 Å². The molecule has 0 spiro atoms. The van der Waals surface area contributed by atoms with E-state index in [1.807, 2.05) is 0 Å². The van der Waals surface area contributed by atoms with Crippen molar-refractivity contribution in [2.45, 2.75) is 6.92 Å². The van der Waals surface area contributed by atoms with Crippen molar-refractivity contribution < 1.29 is 13.6 Å². The Morgan fingerprint density at radius 2 is 2.24 bits per heavy atom. The monoisotopic (exact) mass is 236 g/mol. The molecular formula is C10H9FN4O2. The molecule has 1 aromatic carbocycles. The first-order valence-electron chi connectivity index (χ1n) is 4.73. The molecule has 1 heterocycles. The minimum Gasteiger partial charge on any atom is -0.408 e. The Hall–Kier alpha value is -2.44. The molecule has 6 nitrogen and oxygen atoms in total. The second-order valence-electron chi connectivity index (χ2n) is 3.32. The zero-order chi connectivity index (χ0) is 12.4. The lowest BCUT2D eigenvalue weighted by Gasteiger charge is -2.02. The van der Waals surface area contributed by atoms with E-state index in [0.717, 1.165) is 6.07 Å². The van der Waals surface area contributed by atoms with Gasteiger partial charge in [0.15, 0.2) is 0 Å². The number of halogens is 1. The fourth-order valence-electron chi connectivity index (χ4n) is 1.18. The Balaban J connectivity index is 2.17. The van der Waals surface area contributed by atoms with Gasteiger partial charge in [-0.2, -0.15) is 0 Å². The third kappa shape index (κ3) is 2.39. The van der Waals surface area contributed by atoms with E-state index in [-0.39, 0.29) is 17.3 Å². The maximum Gasteiger partial charge on any atom is 0.322 e. The number of carbonyl (C=O) groups excluding carboxylic acids is 1. The molecule has 0 saturated carbocycles. The summed E-state index contributed by atoms with van der Waals surface area (Å²) in [6, 6.07) is 3.71. The molecule has 0 aliphatic carbocycles. The number of carbonyl (C=O) groups is 1. The van der Waals surface area contributed by atoms with Crippen molar-refractivity contribution in [3.05, 3.63) is 35.5 Å².